The molecule has 0 bridgehead atoms. The molecule has 2 heterocycles. The van der Waals surface area contributed by atoms with Crippen LogP contribution in [0, 0.1) is 12.3 Å². The molecule has 2 aromatic heterocycles. The number of methoxy groups -OCH3 is 1. The summed E-state index contributed by atoms with van der Waals surface area (Å²) < 4.78 is 5.52. The lowest BCUT2D eigenvalue weighted by atomic mass is 9.77. The first-order valence-corrected chi connectivity index (χ1v) is 8.48. The van der Waals surface area contributed by atoms with Gasteiger partial charge in [-0.1, -0.05) is 30.2 Å². The molecule has 6 heteroatoms. The van der Waals surface area contributed by atoms with E-state index >= 15 is 0 Å². The van der Waals surface area contributed by atoms with Crippen LogP contribution in [0.5, 0.6) is 0 Å². The van der Waals surface area contributed by atoms with Crippen LogP contribution in [0.3, 0.4) is 0 Å². The van der Waals surface area contributed by atoms with E-state index in [1.165, 1.54) is 0 Å². The lowest BCUT2D eigenvalue weighted by Gasteiger charge is -2.44. The van der Waals surface area contributed by atoms with Crippen molar-refractivity contribution in [2.75, 3.05) is 12.4 Å². The van der Waals surface area contributed by atoms with Gasteiger partial charge < -0.3 is 10.1 Å². The number of aromatic nitrogens is 4. The fourth-order valence-electron chi connectivity index (χ4n) is 3.35. The molecule has 0 radical (unpaired) electrons. The fourth-order valence-corrected chi connectivity index (χ4v) is 3.35. The predicted octanol–water partition coefficient (Wildman–Crippen LogP) is 3.05. The molecule has 1 saturated carbocycles. The molecule has 6 nitrogen and oxygen atoms in total. The number of hydrogen-bond acceptors (Lipinski definition) is 6. The van der Waals surface area contributed by atoms with E-state index in [4.69, 9.17) is 11.2 Å². The minimum Gasteiger partial charge on any atom is -0.378 e. The maximum Gasteiger partial charge on any atom is 0.180 e. The molecule has 26 heavy (non-hydrogen) atoms. The molecule has 0 saturated heterocycles. The van der Waals surface area contributed by atoms with Gasteiger partial charge in [-0.05, 0) is 19.8 Å². The van der Waals surface area contributed by atoms with Crippen LogP contribution in [-0.2, 0) is 4.74 Å². The van der Waals surface area contributed by atoms with Gasteiger partial charge in [0.2, 0.25) is 0 Å². The molecular weight excluding hydrogens is 326 g/mol. The van der Waals surface area contributed by atoms with Crippen LogP contribution in [0.25, 0.3) is 22.3 Å². The molecule has 4 rings (SSSR count). The minimum absolute atomic E-state index is 0.0482. The summed E-state index contributed by atoms with van der Waals surface area (Å²) in [5.41, 5.74) is 1.23. The van der Waals surface area contributed by atoms with E-state index in [2.05, 4.69) is 38.3 Å². The fraction of sp³-hybridized carbons (Fsp3) is 0.300. The van der Waals surface area contributed by atoms with Gasteiger partial charge in [-0.2, -0.15) is 0 Å². The highest BCUT2D eigenvalue weighted by Crippen LogP contribution is 2.37. The second-order valence-electron chi connectivity index (χ2n) is 6.79. The molecule has 1 fully saturated rings. The average molecular weight is 345 g/mol. The lowest BCUT2D eigenvalue weighted by Crippen LogP contribution is -2.49. The zero-order valence-corrected chi connectivity index (χ0v) is 14.7. The van der Waals surface area contributed by atoms with Gasteiger partial charge in [0.05, 0.1) is 11.2 Å². The van der Waals surface area contributed by atoms with Crippen LogP contribution < -0.4 is 5.32 Å². The monoisotopic (exact) mass is 345 g/mol. The van der Waals surface area contributed by atoms with Crippen LogP contribution in [0.1, 0.15) is 25.3 Å². The van der Waals surface area contributed by atoms with Crippen molar-refractivity contribution >= 4 is 16.6 Å². The molecule has 1 aliphatic carbocycles. The Morgan fingerprint density at radius 1 is 1.15 bits per heavy atom. The summed E-state index contributed by atoms with van der Waals surface area (Å²) in [6, 6.07) is 8.32. The molecule has 0 atom stereocenters. The molecular formula is C20H19N5O. The topological polar surface area (TPSA) is 72.8 Å². The van der Waals surface area contributed by atoms with Crippen molar-refractivity contribution < 1.29 is 4.74 Å². The zero-order valence-electron chi connectivity index (χ0n) is 14.7. The molecule has 1 N–H and O–H groups in total. The summed E-state index contributed by atoms with van der Waals surface area (Å²) in [5.74, 6) is 3.80. The smallest absolute Gasteiger partial charge is 0.180 e. The van der Waals surface area contributed by atoms with E-state index in [1.807, 2.05) is 24.3 Å². The summed E-state index contributed by atoms with van der Waals surface area (Å²) in [5, 5.41) is 14.2. The zero-order chi connectivity index (χ0) is 18.1. The van der Waals surface area contributed by atoms with Crippen LogP contribution in [0.2, 0.25) is 0 Å². The van der Waals surface area contributed by atoms with E-state index in [0.29, 0.717) is 23.1 Å². The van der Waals surface area contributed by atoms with Gasteiger partial charge in [-0.3, -0.25) is 0 Å². The standard InChI is InChI=1S/C20H19N5O/c1-4-13-11-21-19(22-12-13)17-15-7-5-6-8-16(15)18(25-24-17)23-14-9-20(2,10-14)26-3/h1,5-8,11-12,14H,9-10H2,2-3H3,(H,23,25). The normalized spacial score (nSPS) is 21.8. The van der Waals surface area contributed by atoms with Crippen LogP contribution in [0.4, 0.5) is 5.82 Å². The summed E-state index contributed by atoms with van der Waals surface area (Å²) in [6.07, 6.45) is 10.5. The Kier molecular flexibility index (Phi) is 4.02. The first kappa shape index (κ1) is 16.4. The molecule has 0 spiro atoms. The number of nitrogens with zero attached hydrogens (tertiary/aromatic N) is 4. The van der Waals surface area contributed by atoms with Crippen molar-refractivity contribution in [3.8, 4) is 23.9 Å². The van der Waals surface area contributed by atoms with Crippen LogP contribution in [-0.4, -0.2) is 38.9 Å². The minimum atomic E-state index is -0.0482. The third kappa shape index (κ3) is 2.87. The third-order valence-electron chi connectivity index (χ3n) is 4.91. The molecule has 1 aliphatic rings. The number of ether oxygens (including phenoxy) is 1. The van der Waals surface area contributed by atoms with Crippen molar-refractivity contribution in [1.29, 1.82) is 0 Å². The molecule has 1 aromatic carbocycles. The Hall–Kier alpha value is -3.04. The van der Waals surface area contributed by atoms with Gasteiger partial charge in [0, 0.05) is 36.3 Å². The Bertz CT molecular complexity index is 987. The average Bonchev–Trinajstić information content (AvgIpc) is 2.67. The van der Waals surface area contributed by atoms with Crippen molar-refractivity contribution in [3.05, 3.63) is 42.2 Å². The van der Waals surface area contributed by atoms with E-state index < -0.39 is 0 Å². The van der Waals surface area contributed by atoms with Crippen LogP contribution in [0.15, 0.2) is 36.7 Å². The maximum atomic E-state index is 5.52. The first-order valence-electron chi connectivity index (χ1n) is 8.48. The summed E-state index contributed by atoms with van der Waals surface area (Å²) in [4.78, 5) is 8.65. The van der Waals surface area contributed by atoms with Gasteiger partial charge in [-0.25, -0.2) is 9.97 Å². The second kappa shape index (κ2) is 6.36. The largest absolute Gasteiger partial charge is 0.378 e. The van der Waals surface area contributed by atoms with E-state index in [0.717, 1.165) is 29.4 Å². The summed E-state index contributed by atoms with van der Waals surface area (Å²) in [7, 11) is 1.76. The summed E-state index contributed by atoms with van der Waals surface area (Å²) >= 11 is 0. The van der Waals surface area contributed by atoms with Crippen molar-refractivity contribution in [3.63, 3.8) is 0 Å². The van der Waals surface area contributed by atoms with Crippen molar-refractivity contribution in [2.24, 2.45) is 0 Å². The Morgan fingerprint density at radius 2 is 1.85 bits per heavy atom. The van der Waals surface area contributed by atoms with Gasteiger partial charge in [0.25, 0.3) is 0 Å². The highest BCUT2D eigenvalue weighted by molar-refractivity contribution is 5.99. The Morgan fingerprint density at radius 3 is 2.50 bits per heavy atom. The quantitative estimate of drug-likeness (QED) is 0.733. The van der Waals surface area contributed by atoms with Gasteiger partial charge in [-0.15, -0.1) is 16.6 Å². The van der Waals surface area contributed by atoms with E-state index in [9.17, 15) is 0 Å². The highest BCUT2D eigenvalue weighted by Gasteiger charge is 2.40. The van der Waals surface area contributed by atoms with E-state index in [1.54, 1.807) is 19.5 Å². The number of hydrogen-bond donors (Lipinski definition) is 1. The molecule has 0 amide bonds. The molecule has 0 unspecified atom stereocenters. The number of rotatable bonds is 4. The van der Waals surface area contributed by atoms with Crippen molar-refractivity contribution in [1.82, 2.24) is 20.2 Å². The number of terminal acetylenes is 1. The molecule has 3 aromatic rings. The highest BCUT2D eigenvalue weighted by atomic mass is 16.5. The SMILES string of the molecule is C#Cc1cnc(-c2nnc(NC3CC(C)(OC)C3)c3ccccc23)nc1. The van der Waals surface area contributed by atoms with Gasteiger partial charge in [0.1, 0.15) is 5.69 Å². The number of anilines is 1. The number of nitrogens with one attached hydrogen (secondary N) is 1. The predicted molar refractivity (Wildman–Crippen MR) is 101 cm³/mol. The number of fused-ring (bicyclic) bond motifs is 1. The first-order chi connectivity index (χ1) is 12.6. The summed E-state index contributed by atoms with van der Waals surface area (Å²) in [6.45, 7) is 2.12. The van der Waals surface area contributed by atoms with E-state index in [-0.39, 0.29) is 5.60 Å². The van der Waals surface area contributed by atoms with Gasteiger partial charge >= 0.3 is 0 Å². The van der Waals surface area contributed by atoms with Crippen LogP contribution >= 0.6 is 0 Å². The molecule has 130 valence electrons. The lowest BCUT2D eigenvalue weighted by molar-refractivity contribution is -0.0625. The Balaban J connectivity index is 1.68. The van der Waals surface area contributed by atoms with Gasteiger partial charge in [0.15, 0.2) is 11.6 Å². The third-order valence-corrected chi connectivity index (χ3v) is 4.91. The maximum absolute atomic E-state index is 5.52. The van der Waals surface area contributed by atoms with Crippen molar-refractivity contribution in [2.45, 2.75) is 31.4 Å². The molecule has 0 aliphatic heterocycles. The second-order valence-corrected chi connectivity index (χ2v) is 6.79. The Labute approximate surface area is 152 Å². The number of benzene rings is 1.